The summed E-state index contributed by atoms with van der Waals surface area (Å²) in [5.41, 5.74) is -4.01. The molecule has 0 aliphatic heterocycles. The van der Waals surface area contributed by atoms with E-state index in [9.17, 15) is 31.1 Å². The minimum atomic E-state index is -5.07. The van der Waals surface area contributed by atoms with Gasteiger partial charge in [0.25, 0.3) is 5.91 Å². The van der Waals surface area contributed by atoms with E-state index in [4.69, 9.17) is 0 Å². The van der Waals surface area contributed by atoms with Gasteiger partial charge in [-0.05, 0) is 18.2 Å². The van der Waals surface area contributed by atoms with Crippen molar-refractivity contribution in [1.82, 2.24) is 20.0 Å². The lowest BCUT2D eigenvalue weighted by Gasteiger charge is -2.14. The predicted octanol–water partition coefficient (Wildman–Crippen LogP) is 5.14. The van der Waals surface area contributed by atoms with E-state index in [2.05, 4.69) is 20.6 Å². The van der Waals surface area contributed by atoms with Crippen molar-refractivity contribution in [3.05, 3.63) is 52.3 Å². The quantitative estimate of drug-likeness (QED) is 0.560. The van der Waals surface area contributed by atoms with E-state index in [1.165, 1.54) is 0 Å². The summed E-state index contributed by atoms with van der Waals surface area (Å²) in [6.45, 7) is 3.65. The van der Waals surface area contributed by atoms with Crippen LogP contribution in [0.15, 0.2) is 30.5 Å². The Labute approximate surface area is 169 Å². The minimum absolute atomic E-state index is 0.00236. The van der Waals surface area contributed by atoms with Gasteiger partial charge in [-0.3, -0.25) is 10.1 Å². The number of rotatable bonds is 4. The number of anilines is 1. The van der Waals surface area contributed by atoms with Crippen molar-refractivity contribution in [3.8, 4) is 5.69 Å². The Kier molecular flexibility index (Phi) is 5.58. The number of alkyl halides is 6. The van der Waals surface area contributed by atoms with Crippen LogP contribution in [-0.2, 0) is 12.4 Å². The highest BCUT2D eigenvalue weighted by Gasteiger charge is 2.41. The number of amides is 1. The lowest BCUT2D eigenvalue weighted by Crippen LogP contribution is -2.21. The van der Waals surface area contributed by atoms with Crippen molar-refractivity contribution in [1.29, 1.82) is 0 Å². The molecule has 0 saturated heterocycles. The Morgan fingerprint density at radius 3 is 2.37 bits per heavy atom. The SMILES string of the molecule is CC(C)c1nnc(NC(=O)c2cnn(-c3cccc(C(F)(F)F)c3)c2C(F)(F)F)s1. The summed E-state index contributed by atoms with van der Waals surface area (Å²) in [5.74, 6) is -1.16. The topological polar surface area (TPSA) is 72.7 Å². The second-order valence-electron chi connectivity index (χ2n) is 6.42. The van der Waals surface area contributed by atoms with Gasteiger partial charge in [-0.2, -0.15) is 31.4 Å². The molecule has 0 fully saturated rings. The molecule has 2 aromatic heterocycles. The van der Waals surface area contributed by atoms with Gasteiger partial charge < -0.3 is 0 Å². The summed E-state index contributed by atoms with van der Waals surface area (Å²) in [7, 11) is 0. The van der Waals surface area contributed by atoms with Crippen molar-refractivity contribution >= 4 is 22.4 Å². The van der Waals surface area contributed by atoms with Crippen molar-refractivity contribution in [2.45, 2.75) is 32.1 Å². The third-order valence-electron chi connectivity index (χ3n) is 3.86. The number of hydrogen-bond donors (Lipinski definition) is 1. The largest absolute Gasteiger partial charge is 0.434 e. The first kappa shape index (κ1) is 21.7. The van der Waals surface area contributed by atoms with Crippen LogP contribution in [0.25, 0.3) is 5.69 Å². The van der Waals surface area contributed by atoms with Crippen LogP contribution < -0.4 is 5.32 Å². The Morgan fingerprint density at radius 1 is 1.10 bits per heavy atom. The number of benzene rings is 1. The Hall–Kier alpha value is -2.96. The van der Waals surface area contributed by atoms with Gasteiger partial charge in [0, 0.05) is 5.92 Å². The van der Waals surface area contributed by atoms with Gasteiger partial charge in [-0.15, -0.1) is 10.2 Å². The van der Waals surface area contributed by atoms with Crippen molar-refractivity contribution in [2.24, 2.45) is 0 Å². The van der Waals surface area contributed by atoms with E-state index in [-0.39, 0.29) is 15.7 Å². The normalized spacial score (nSPS) is 12.4. The molecule has 30 heavy (non-hydrogen) atoms. The maximum atomic E-state index is 13.7. The summed E-state index contributed by atoms with van der Waals surface area (Å²) in [5, 5.41) is 13.8. The predicted molar refractivity (Wildman–Crippen MR) is 95.5 cm³/mol. The van der Waals surface area contributed by atoms with E-state index >= 15 is 0 Å². The number of carbonyl (C=O) groups excluding carboxylic acids is 1. The van der Waals surface area contributed by atoms with Crippen LogP contribution in [0.4, 0.5) is 31.5 Å². The zero-order valence-corrected chi connectivity index (χ0v) is 16.2. The monoisotopic (exact) mass is 449 g/mol. The van der Waals surface area contributed by atoms with Crippen LogP contribution in [0.1, 0.15) is 46.4 Å². The van der Waals surface area contributed by atoms with E-state index < -0.39 is 40.8 Å². The molecule has 6 nitrogen and oxygen atoms in total. The Balaban J connectivity index is 2.01. The molecule has 13 heteroatoms. The lowest BCUT2D eigenvalue weighted by atomic mass is 10.1. The second kappa shape index (κ2) is 7.70. The molecule has 0 unspecified atom stereocenters. The molecular formula is C17H13F6N5OS. The number of halogens is 6. The van der Waals surface area contributed by atoms with Gasteiger partial charge in [0.1, 0.15) is 5.01 Å². The average Bonchev–Trinajstić information content (AvgIpc) is 3.27. The molecule has 0 bridgehead atoms. The first-order valence-corrected chi connectivity index (χ1v) is 9.17. The molecule has 2 heterocycles. The van der Waals surface area contributed by atoms with Gasteiger partial charge in [0.15, 0.2) is 5.69 Å². The van der Waals surface area contributed by atoms with Crippen LogP contribution in [0.3, 0.4) is 0 Å². The molecule has 3 rings (SSSR count). The van der Waals surface area contributed by atoms with Crippen LogP contribution in [-0.4, -0.2) is 25.9 Å². The summed E-state index contributed by atoms with van der Waals surface area (Å²) < 4.78 is 80.1. The fraction of sp³-hybridized carbons (Fsp3) is 0.294. The molecule has 160 valence electrons. The van der Waals surface area contributed by atoms with E-state index in [1.807, 2.05) is 13.8 Å². The first-order chi connectivity index (χ1) is 13.9. The number of carbonyl (C=O) groups is 1. The highest BCUT2D eigenvalue weighted by molar-refractivity contribution is 7.15. The molecule has 1 amide bonds. The maximum absolute atomic E-state index is 13.7. The zero-order valence-electron chi connectivity index (χ0n) is 15.3. The lowest BCUT2D eigenvalue weighted by molar-refractivity contribution is -0.143. The molecule has 0 atom stereocenters. The van der Waals surface area contributed by atoms with Gasteiger partial charge in [-0.1, -0.05) is 31.3 Å². The molecule has 0 aliphatic rings. The van der Waals surface area contributed by atoms with Gasteiger partial charge in [0.2, 0.25) is 5.13 Å². The van der Waals surface area contributed by atoms with Crippen molar-refractivity contribution in [2.75, 3.05) is 5.32 Å². The Morgan fingerprint density at radius 2 is 1.80 bits per heavy atom. The average molecular weight is 449 g/mol. The van der Waals surface area contributed by atoms with E-state index in [0.717, 1.165) is 29.5 Å². The van der Waals surface area contributed by atoms with Crippen LogP contribution >= 0.6 is 11.3 Å². The summed E-state index contributed by atoms with van der Waals surface area (Å²) in [6.07, 6.45) is -9.18. The number of nitrogens with one attached hydrogen (secondary N) is 1. The highest BCUT2D eigenvalue weighted by Crippen LogP contribution is 2.36. The van der Waals surface area contributed by atoms with E-state index in [1.54, 1.807) is 0 Å². The molecule has 1 N–H and O–H groups in total. The molecule has 0 radical (unpaired) electrons. The molecule has 0 saturated carbocycles. The molecule has 3 aromatic rings. The fourth-order valence-corrected chi connectivity index (χ4v) is 3.22. The fourth-order valence-electron chi connectivity index (χ4n) is 2.48. The zero-order chi connectivity index (χ0) is 22.3. The minimum Gasteiger partial charge on any atom is -0.296 e. The molecule has 0 aliphatic carbocycles. The first-order valence-electron chi connectivity index (χ1n) is 8.35. The molecule has 1 aromatic carbocycles. The second-order valence-corrected chi connectivity index (χ2v) is 7.43. The molecule has 0 spiro atoms. The Bertz CT molecular complexity index is 1070. The summed E-state index contributed by atoms with van der Waals surface area (Å²) >= 11 is 0.998. The van der Waals surface area contributed by atoms with Gasteiger partial charge >= 0.3 is 12.4 Å². The molecular weight excluding hydrogens is 436 g/mol. The summed E-state index contributed by atoms with van der Waals surface area (Å²) in [4.78, 5) is 12.4. The number of nitrogens with zero attached hydrogens (tertiary/aromatic N) is 4. The van der Waals surface area contributed by atoms with Crippen LogP contribution in [0, 0.1) is 0 Å². The summed E-state index contributed by atoms with van der Waals surface area (Å²) in [6, 6.07) is 3.21. The van der Waals surface area contributed by atoms with E-state index in [0.29, 0.717) is 17.3 Å². The third-order valence-corrected chi connectivity index (χ3v) is 4.99. The standard InChI is InChI=1S/C17H13F6N5OS/c1-8(2)14-26-27-15(30-14)25-13(29)11-7-24-28(12(11)17(21,22)23)10-5-3-4-9(6-10)16(18,19)20/h3-8H,1-2H3,(H,25,27,29). The van der Waals surface area contributed by atoms with Crippen molar-refractivity contribution in [3.63, 3.8) is 0 Å². The van der Waals surface area contributed by atoms with Crippen LogP contribution in [0.5, 0.6) is 0 Å². The highest BCUT2D eigenvalue weighted by atomic mass is 32.1. The third kappa shape index (κ3) is 4.45. The van der Waals surface area contributed by atoms with Gasteiger partial charge in [-0.25, -0.2) is 4.68 Å². The van der Waals surface area contributed by atoms with Crippen molar-refractivity contribution < 1.29 is 31.1 Å². The number of hydrogen-bond acceptors (Lipinski definition) is 5. The number of aromatic nitrogens is 4. The van der Waals surface area contributed by atoms with Crippen LogP contribution in [0.2, 0.25) is 0 Å². The van der Waals surface area contributed by atoms with Gasteiger partial charge in [0.05, 0.1) is 23.0 Å². The maximum Gasteiger partial charge on any atom is 0.434 e. The smallest absolute Gasteiger partial charge is 0.296 e.